The molecule has 4 heterocycles. The van der Waals surface area contributed by atoms with Crippen molar-refractivity contribution in [2.24, 2.45) is 11.8 Å². The maximum atomic E-state index is 12.9. The molecule has 2 unspecified atom stereocenters. The van der Waals surface area contributed by atoms with Crippen LogP contribution in [0.5, 0.6) is 5.75 Å². The topological polar surface area (TPSA) is 62.8 Å². The summed E-state index contributed by atoms with van der Waals surface area (Å²) in [5.41, 5.74) is 2.12. The minimum absolute atomic E-state index is 0.0280. The number of nitrogens with one attached hydrogen (secondary N) is 2. The summed E-state index contributed by atoms with van der Waals surface area (Å²) >= 11 is 6.03. The molecule has 2 bridgehead atoms. The molecular formula is C32H42ClN3O3. The zero-order valence-electron chi connectivity index (χ0n) is 22.8. The second-order valence-electron chi connectivity index (χ2n) is 12.2. The number of piperidine rings is 3. The number of halogens is 1. The number of hydrogen-bond donors (Lipinski definition) is 2. The van der Waals surface area contributed by atoms with Crippen LogP contribution in [0.4, 0.5) is 10.5 Å². The van der Waals surface area contributed by atoms with Crippen LogP contribution < -0.4 is 15.4 Å². The van der Waals surface area contributed by atoms with E-state index in [1.807, 2.05) is 41.3 Å². The molecule has 2 aromatic carbocycles. The van der Waals surface area contributed by atoms with Crippen LogP contribution in [0.2, 0.25) is 5.02 Å². The molecule has 0 aliphatic carbocycles. The van der Waals surface area contributed by atoms with Crippen molar-refractivity contribution < 1.29 is 14.3 Å². The van der Waals surface area contributed by atoms with Crippen molar-refractivity contribution in [3.05, 3.63) is 59.1 Å². The standard InChI is InChI=1S/C32H42ClN3O3/c33-26-3-1-24(2-4-26)25-9-13-36(14-10-25)32(37)35-27-5-7-30(8-6-27)39-31-20-28-18-23(19-29(21-31)34-28)17-22-11-15-38-16-12-22/h1-8,22-23,25,28-29,31,34H,9-21H2,(H,35,37)/t23?,28-,29+,31?. The van der Waals surface area contributed by atoms with Gasteiger partial charge in [0.25, 0.3) is 0 Å². The van der Waals surface area contributed by atoms with Crippen molar-refractivity contribution in [3.8, 4) is 5.75 Å². The first-order valence-electron chi connectivity index (χ1n) is 15.0. The molecule has 2 aromatic rings. The molecule has 4 aliphatic heterocycles. The number of rotatable bonds is 6. The third-order valence-corrected chi connectivity index (χ3v) is 9.59. The smallest absolute Gasteiger partial charge is 0.321 e. The summed E-state index contributed by atoms with van der Waals surface area (Å²) in [5.74, 6) is 3.07. The molecule has 7 heteroatoms. The Morgan fingerprint density at radius 1 is 0.897 bits per heavy atom. The minimum atomic E-state index is -0.0280. The van der Waals surface area contributed by atoms with Gasteiger partial charge < -0.3 is 25.0 Å². The number of nitrogens with zero attached hydrogens (tertiary/aromatic N) is 1. The van der Waals surface area contributed by atoms with Crippen molar-refractivity contribution in [1.82, 2.24) is 10.2 Å². The molecule has 2 N–H and O–H groups in total. The number of carbonyl (C=O) groups excluding carboxylic acids is 1. The van der Waals surface area contributed by atoms with Crippen LogP contribution in [-0.4, -0.2) is 55.4 Å². The summed E-state index contributed by atoms with van der Waals surface area (Å²) in [7, 11) is 0. The third-order valence-electron chi connectivity index (χ3n) is 9.34. The van der Waals surface area contributed by atoms with Crippen molar-refractivity contribution in [2.75, 3.05) is 31.6 Å². The molecular weight excluding hydrogens is 510 g/mol. The first kappa shape index (κ1) is 26.9. The average Bonchev–Trinajstić information content (AvgIpc) is 2.95. The van der Waals surface area contributed by atoms with Crippen LogP contribution in [0.25, 0.3) is 0 Å². The summed E-state index contributed by atoms with van der Waals surface area (Å²) in [5, 5.41) is 7.68. The van der Waals surface area contributed by atoms with E-state index in [0.717, 1.165) is 80.3 Å². The van der Waals surface area contributed by atoms with Crippen LogP contribution in [0.3, 0.4) is 0 Å². The van der Waals surface area contributed by atoms with Crippen molar-refractivity contribution in [3.63, 3.8) is 0 Å². The number of carbonyl (C=O) groups is 1. The van der Waals surface area contributed by atoms with E-state index in [-0.39, 0.29) is 12.1 Å². The van der Waals surface area contributed by atoms with Gasteiger partial charge in [-0.25, -0.2) is 4.79 Å². The lowest BCUT2D eigenvalue weighted by molar-refractivity contribution is 0.0405. The first-order valence-corrected chi connectivity index (χ1v) is 15.4. The van der Waals surface area contributed by atoms with Gasteiger partial charge in [0.15, 0.2) is 0 Å². The highest BCUT2D eigenvalue weighted by molar-refractivity contribution is 6.30. The highest BCUT2D eigenvalue weighted by Gasteiger charge is 2.37. The number of ether oxygens (including phenoxy) is 2. The van der Waals surface area contributed by atoms with Gasteiger partial charge in [0.2, 0.25) is 0 Å². The van der Waals surface area contributed by atoms with Gasteiger partial charge in [-0.1, -0.05) is 23.7 Å². The number of likely N-dealkylation sites (tertiary alicyclic amines) is 1. The molecule has 210 valence electrons. The molecule has 0 spiro atoms. The zero-order valence-corrected chi connectivity index (χ0v) is 23.6. The maximum absolute atomic E-state index is 12.9. The molecule has 0 saturated carbocycles. The van der Waals surface area contributed by atoms with Crippen LogP contribution in [0.15, 0.2) is 48.5 Å². The average molecular weight is 552 g/mol. The molecule has 4 aliphatic rings. The highest BCUT2D eigenvalue weighted by Crippen LogP contribution is 2.37. The number of anilines is 1. The van der Waals surface area contributed by atoms with Crippen LogP contribution in [-0.2, 0) is 4.74 Å². The number of benzene rings is 2. The molecule has 4 fully saturated rings. The SMILES string of the molecule is O=C(Nc1ccc(OC2C[C@H]3CC(CC4CCOCC4)C[C@@H](C2)N3)cc1)N1CCC(c2ccc(Cl)cc2)CC1. The number of urea groups is 1. The largest absolute Gasteiger partial charge is 0.490 e. The molecule has 0 aromatic heterocycles. The minimum Gasteiger partial charge on any atom is -0.490 e. The van der Waals surface area contributed by atoms with Gasteiger partial charge in [-0.2, -0.15) is 0 Å². The maximum Gasteiger partial charge on any atom is 0.321 e. The molecule has 4 saturated heterocycles. The van der Waals surface area contributed by atoms with Crippen LogP contribution in [0.1, 0.15) is 69.3 Å². The van der Waals surface area contributed by atoms with E-state index in [9.17, 15) is 4.79 Å². The normalized spacial score (nSPS) is 28.2. The van der Waals surface area contributed by atoms with Crippen molar-refractivity contribution >= 4 is 23.3 Å². The Bertz CT molecular complexity index is 1070. The van der Waals surface area contributed by atoms with Crippen LogP contribution >= 0.6 is 11.6 Å². The van der Waals surface area contributed by atoms with Gasteiger partial charge in [0, 0.05) is 49.1 Å². The molecule has 2 amide bonds. The van der Waals surface area contributed by atoms with E-state index in [4.69, 9.17) is 21.1 Å². The Morgan fingerprint density at radius 3 is 2.23 bits per heavy atom. The predicted molar refractivity (Wildman–Crippen MR) is 156 cm³/mol. The Balaban J connectivity index is 0.943. The van der Waals surface area contributed by atoms with Gasteiger partial charge in [0.05, 0.1) is 0 Å². The highest BCUT2D eigenvalue weighted by atomic mass is 35.5. The van der Waals surface area contributed by atoms with Crippen molar-refractivity contribution in [2.45, 2.75) is 81.9 Å². The Kier molecular flexibility index (Phi) is 8.62. The molecule has 39 heavy (non-hydrogen) atoms. The van der Waals surface area contributed by atoms with Crippen LogP contribution in [0, 0.1) is 11.8 Å². The summed E-state index contributed by atoms with van der Waals surface area (Å²) in [6.07, 6.45) is 10.7. The van der Waals surface area contributed by atoms with Gasteiger partial charge in [-0.15, -0.1) is 0 Å². The predicted octanol–water partition coefficient (Wildman–Crippen LogP) is 6.85. The monoisotopic (exact) mass is 551 g/mol. The van der Waals surface area contributed by atoms with Gasteiger partial charge in [-0.05, 0) is 118 Å². The second-order valence-corrected chi connectivity index (χ2v) is 12.6. The van der Waals surface area contributed by atoms with Crippen molar-refractivity contribution in [1.29, 1.82) is 0 Å². The number of amides is 2. The Labute approximate surface area is 237 Å². The van der Waals surface area contributed by atoms with E-state index in [2.05, 4.69) is 22.8 Å². The summed E-state index contributed by atoms with van der Waals surface area (Å²) in [4.78, 5) is 14.8. The summed E-state index contributed by atoms with van der Waals surface area (Å²) in [6, 6.07) is 17.1. The first-order chi connectivity index (χ1) is 19.1. The fraction of sp³-hybridized carbons (Fsp3) is 0.594. The lowest BCUT2D eigenvalue weighted by Crippen LogP contribution is -2.54. The third kappa shape index (κ3) is 7.08. The van der Waals surface area contributed by atoms with Gasteiger partial charge in [0.1, 0.15) is 11.9 Å². The Hall–Kier alpha value is -2.28. The summed E-state index contributed by atoms with van der Waals surface area (Å²) in [6.45, 7) is 3.41. The van der Waals surface area contributed by atoms with E-state index >= 15 is 0 Å². The summed E-state index contributed by atoms with van der Waals surface area (Å²) < 4.78 is 12.0. The van der Waals surface area contributed by atoms with Gasteiger partial charge in [-0.3, -0.25) is 0 Å². The second kappa shape index (κ2) is 12.5. The Morgan fingerprint density at radius 2 is 1.56 bits per heavy atom. The lowest BCUT2D eigenvalue weighted by Gasteiger charge is -2.44. The number of fused-ring (bicyclic) bond motifs is 2. The molecule has 4 atom stereocenters. The van der Waals surface area contributed by atoms with Gasteiger partial charge >= 0.3 is 6.03 Å². The molecule has 6 rings (SSSR count). The lowest BCUT2D eigenvalue weighted by atomic mass is 9.75. The van der Waals surface area contributed by atoms with E-state index < -0.39 is 0 Å². The zero-order chi connectivity index (χ0) is 26.6. The number of hydrogen-bond acceptors (Lipinski definition) is 4. The van der Waals surface area contributed by atoms with E-state index in [0.29, 0.717) is 18.0 Å². The molecule has 6 nitrogen and oxygen atoms in total. The quantitative estimate of drug-likeness (QED) is 0.412. The fourth-order valence-corrected chi connectivity index (χ4v) is 7.46. The van der Waals surface area contributed by atoms with E-state index in [1.165, 1.54) is 37.7 Å². The van der Waals surface area contributed by atoms with E-state index in [1.54, 1.807) is 0 Å². The molecule has 0 radical (unpaired) electrons. The fourth-order valence-electron chi connectivity index (χ4n) is 7.33.